The first-order valence-electron chi connectivity index (χ1n) is 10.1. The van der Waals surface area contributed by atoms with Crippen molar-refractivity contribution in [2.45, 2.75) is 25.3 Å². The van der Waals surface area contributed by atoms with Gasteiger partial charge in [0.2, 0.25) is 5.91 Å². The average Bonchev–Trinajstić information content (AvgIpc) is 2.74. The Kier molecular flexibility index (Phi) is 5.85. The number of halogens is 1. The summed E-state index contributed by atoms with van der Waals surface area (Å²) in [6, 6.07) is 10.5. The summed E-state index contributed by atoms with van der Waals surface area (Å²) in [5, 5.41) is 13.8. The molecule has 0 radical (unpaired) electrons. The highest BCUT2D eigenvalue weighted by molar-refractivity contribution is 5.98. The topological polar surface area (TPSA) is 100 Å². The predicted octanol–water partition coefficient (Wildman–Crippen LogP) is 3.29. The summed E-state index contributed by atoms with van der Waals surface area (Å²) >= 11 is 0. The number of hydrogen-bond acceptors (Lipinski definition) is 6. The zero-order chi connectivity index (χ0) is 21.1. The van der Waals surface area contributed by atoms with E-state index in [1.807, 2.05) is 0 Å². The van der Waals surface area contributed by atoms with E-state index in [1.54, 1.807) is 35.2 Å². The highest BCUT2D eigenvalue weighted by Gasteiger charge is 2.32. The third-order valence-corrected chi connectivity index (χ3v) is 5.56. The van der Waals surface area contributed by atoms with Gasteiger partial charge in [-0.1, -0.05) is 12.1 Å². The fraction of sp³-hybridized carbons (Fsp3) is 0.364. The van der Waals surface area contributed by atoms with E-state index in [-0.39, 0.29) is 29.9 Å². The summed E-state index contributed by atoms with van der Waals surface area (Å²) in [7, 11) is 0. The number of nitrogens with two attached hydrogens (primary N) is 1. The Labute approximate surface area is 174 Å². The van der Waals surface area contributed by atoms with Crippen molar-refractivity contribution in [3.63, 3.8) is 0 Å². The van der Waals surface area contributed by atoms with Crippen LogP contribution < -0.4 is 11.1 Å². The van der Waals surface area contributed by atoms with E-state index >= 15 is 0 Å². The number of amides is 1. The predicted molar refractivity (Wildman–Crippen MR) is 112 cm³/mol. The van der Waals surface area contributed by atoms with Crippen LogP contribution >= 0.6 is 0 Å². The lowest BCUT2D eigenvalue weighted by atomic mass is 9.97. The number of guanidine groups is 1. The number of aliphatic imine (C=N–C) groups is 1. The number of phenols is 1. The Balaban J connectivity index is 1.52. The van der Waals surface area contributed by atoms with E-state index < -0.39 is 6.04 Å². The van der Waals surface area contributed by atoms with Crippen molar-refractivity contribution in [1.82, 2.24) is 4.90 Å². The molecule has 1 fully saturated rings. The molecule has 158 valence electrons. The Morgan fingerprint density at radius 3 is 2.63 bits per heavy atom. The molecule has 1 unspecified atom stereocenters. The number of rotatable bonds is 5. The van der Waals surface area contributed by atoms with Crippen LogP contribution in [-0.2, 0) is 9.53 Å². The van der Waals surface area contributed by atoms with Crippen LogP contribution in [0.4, 0.5) is 15.8 Å². The van der Waals surface area contributed by atoms with E-state index in [4.69, 9.17) is 10.5 Å². The first kappa shape index (κ1) is 20.2. The van der Waals surface area contributed by atoms with Gasteiger partial charge in [0.15, 0.2) is 5.96 Å². The molecule has 2 aromatic rings. The lowest BCUT2D eigenvalue weighted by molar-refractivity contribution is -0.129. The molecule has 7 nitrogen and oxygen atoms in total. The zero-order valence-electron chi connectivity index (χ0n) is 16.6. The highest BCUT2D eigenvalue weighted by Crippen LogP contribution is 2.38. The van der Waals surface area contributed by atoms with Crippen molar-refractivity contribution in [3.05, 3.63) is 53.8 Å². The van der Waals surface area contributed by atoms with Crippen molar-refractivity contribution < 1.29 is 19.0 Å². The molecule has 0 spiro atoms. The van der Waals surface area contributed by atoms with Crippen LogP contribution in [0.25, 0.3) is 0 Å². The summed E-state index contributed by atoms with van der Waals surface area (Å²) < 4.78 is 18.5. The van der Waals surface area contributed by atoms with Crippen molar-refractivity contribution in [2.75, 3.05) is 25.1 Å². The van der Waals surface area contributed by atoms with Crippen molar-refractivity contribution in [2.24, 2.45) is 16.6 Å². The molecule has 0 aromatic heterocycles. The lowest BCUT2D eigenvalue weighted by Crippen LogP contribution is -2.48. The smallest absolute Gasteiger partial charge is 0.231 e. The van der Waals surface area contributed by atoms with Gasteiger partial charge in [-0.2, -0.15) is 0 Å². The normalized spacial score (nSPS) is 20.2. The summed E-state index contributed by atoms with van der Waals surface area (Å²) in [4.78, 5) is 18.8. The number of anilines is 2. The molecule has 8 heteroatoms. The third kappa shape index (κ3) is 4.38. The van der Waals surface area contributed by atoms with Crippen molar-refractivity contribution in [3.8, 4) is 5.75 Å². The Morgan fingerprint density at radius 2 is 1.93 bits per heavy atom. The molecular formula is C22H25FN4O3. The van der Waals surface area contributed by atoms with E-state index in [0.717, 1.165) is 12.8 Å². The highest BCUT2D eigenvalue weighted by atomic mass is 19.1. The number of nitrogens with one attached hydrogen (secondary N) is 1. The number of para-hydroxylation sites is 1. The quantitative estimate of drug-likeness (QED) is 0.655. The molecule has 0 bridgehead atoms. The van der Waals surface area contributed by atoms with Crippen LogP contribution in [0.3, 0.4) is 0 Å². The number of carbonyl (C=O) groups excluding carboxylic acids is 1. The van der Waals surface area contributed by atoms with Crippen LogP contribution in [0.1, 0.15) is 30.9 Å². The van der Waals surface area contributed by atoms with Gasteiger partial charge >= 0.3 is 0 Å². The first-order chi connectivity index (χ1) is 14.5. The van der Waals surface area contributed by atoms with E-state index in [9.17, 15) is 14.3 Å². The van der Waals surface area contributed by atoms with Crippen molar-refractivity contribution >= 4 is 23.2 Å². The maximum Gasteiger partial charge on any atom is 0.231 e. The molecule has 1 saturated heterocycles. The van der Waals surface area contributed by atoms with Gasteiger partial charge < -0.3 is 20.9 Å². The second-order valence-corrected chi connectivity index (χ2v) is 7.64. The fourth-order valence-electron chi connectivity index (χ4n) is 3.86. The molecule has 1 amide bonds. The summed E-state index contributed by atoms with van der Waals surface area (Å²) in [6.07, 6.45) is 1.94. The van der Waals surface area contributed by atoms with Gasteiger partial charge in [0.1, 0.15) is 11.6 Å². The molecule has 0 aliphatic carbocycles. The molecule has 4 rings (SSSR count). The number of aromatic hydroxyl groups is 1. The van der Waals surface area contributed by atoms with E-state index in [0.29, 0.717) is 42.6 Å². The minimum absolute atomic E-state index is 0.00551. The largest absolute Gasteiger partial charge is 0.505 e. The molecule has 0 saturated carbocycles. The molecule has 2 aromatic carbocycles. The first-order valence-corrected chi connectivity index (χ1v) is 10.1. The molecule has 2 heterocycles. The van der Waals surface area contributed by atoms with Gasteiger partial charge in [-0.05, 0) is 49.1 Å². The SMILES string of the molecule is NC1=NC(c2cccc(Nc3ccc(F)cc3)c2O)CC(=O)N1CC1CCOCC1. The van der Waals surface area contributed by atoms with Gasteiger partial charge in [0.25, 0.3) is 0 Å². The Hall–Kier alpha value is -3.13. The Morgan fingerprint density at radius 1 is 1.20 bits per heavy atom. The van der Waals surface area contributed by atoms with Crippen molar-refractivity contribution in [1.29, 1.82) is 0 Å². The number of ether oxygens (including phenoxy) is 1. The minimum Gasteiger partial charge on any atom is -0.505 e. The molecule has 1 atom stereocenters. The number of benzene rings is 2. The fourth-order valence-corrected chi connectivity index (χ4v) is 3.86. The zero-order valence-corrected chi connectivity index (χ0v) is 16.6. The van der Waals surface area contributed by atoms with Gasteiger partial charge in [-0.25, -0.2) is 9.38 Å². The summed E-state index contributed by atoms with van der Waals surface area (Å²) in [6.45, 7) is 1.95. The number of phenolic OH excluding ortho intramolecular Hbond substituents is 1. The van der Waals surface area contributed by atoms with Crippen LogP contribution in [-0.4, -0.2) is 41.6 Å². The third-order valence-electron chi connectivity index (χ3n) is 5.56. The maximum atomic E-state index is 13.1. The number of hydrogen-bond donors (Lipinski definition) is 3. The minimum atomic E-state index is -0.557. The monoisotopic (exact) mass is 412 g/mol. The molecule has 4 N–H and O–H groups in total. The standard InChI is InChI=1S/C22H25FN4O3/c23-15-4-6-16(7-5-15)25-18-3-1-2-17(21(18)29)19-12-20(28)27(22(24)26-19)13-14-8-10-30-11-9-14/h1-7,14,19,25,29H,8-13H2,(H2,24,26). The number of carbonyl (C=O) groups is 1. The molecular weight excluding hydrogens is 387 g/mol. The van der Waals surface area contributed by atoms with Crippen LogP contribution in [0.5, 0.6) is 5.75 Å². The molecule has 30 heavy (non-hydrogen) atoms. The maximum absolute atomic E-state index is 13.1. The lowest BCUT2D eigenvalue weighted by Gasteiger charge is -2.33. The van der Waals surface area contributed by atoms with Crippen LogP contribution in [0.15, 0.2) is 47.5 Å². The van der Waals surface area contributed by atoms with Gasteiger partial charge in [0.05, 0.1) is 18.2 Å². The average molecular weight is 412 g/mol. The van der Waals surface area contributed by atoms with E-state index in [1.165, 1.54) is 12.1 Å². The van der Waals surface area contributed by atoms with Gasteiger partial charge in [0, 0.05) is 31.0 Å². The van der Waals surface area contributed by atoms with Gasteiger partial charge in [-0.3, -0.25) is 9.69 Å². The molecule has 2 aliphatic rings. The summed E-state index contributed by atoms with van der Waals surface area (Å²) in [5.41, 5.74) is 7.73. The van der Waals surface area contributed by atoms with Gasteiger partial charge in [-0.15, -0.1) is 0 Å². The summed E-state index contributed by atoms with van der Waals surface area (Å²) in [5.74, 6) is 0.0855. The van der Waals surface area contributed by atoms with Crippen LogP contribution in [0, 0.1) is 11.7 Å². The molecule has 2 aliphatic heterocycles. The Bertz CT molecular complexity index is 942. The van der Waals surface area contributed by atoms with E-state index in [2.05, 4.69) is 10.3 Å². The second kappa shape index (κ2) is 8.71. The number of nitrogens with zero attached hydrogens (tertiary/aromatic N) is 2. The second-order valence-electron chi connectivity index (χ2n) is 7.64. The van der Waals surface area contributed by atoms with Crippen LogP contribution in [0.2, 0.25) is 0 Å².